The van der Waals surface area contributed by atoms with Gasteiger partial charge in [0.1, 0.15) is 5.82 Å². The second-order valence-electron chi connectivity index (χ2n) is 7.23. The van der Waals surface area contributed by atoms with Gasteiger partial charge in [0.05, 0.1) is 35.1 Å². The Morgan fingerprint density at radius 1 is 1.17 bits per heavy atom. The van der Waals surface area contributed by atoms with Crippen molar-refractivity contribution in [2.75, 3.05) is 6.54 Å². The summed E-state index contributed by atoms with van der Waals surface area (Å²) in [5.41, 5.74) is 1.73. The molecule has 1 atom stereocenters. The number of fused-ring (bicyclic) bond motifs is 1. The summed E-state index contributed by atoms with van der Waals surface area (Å²) in [5.74, 6) is 0.403. The minimum atomic E-state index is -2.64. The molecule has 1 aliphatic rings. The first-order valence-electron chi connectivity index (χ1n) is 9.57. The Kier molecular flexibility index (Phi) is 5.36. The van der Waals surface area contributed by atoms with Crippen LogP contribution in [0.2, 0.25) is 0 Å². The first-order chi connectivity index (χ1) is 14.1. The molecule has 0 radical (unpaired) electrons. The van der Waals surface area contributed by atoms with Crippen LogP contribution in [0.5, 0.6) is 0 Å². The number of rotatable bonds is 5. The fraction of sp³-hybridized carbons (Fsp3) is 0.318. The van der Waals surface area contributed by atoms with Crippen molar-refractivity contribution in [2.45, 2.75) is 38.4 Å². The lowest BCUT2D eigenvalue weighted by Crippen LogP contribution is -2.33. The van der Waals surface area contributed by atoms with Crippen molar-refractivity contribution in [3.63, 3.8) is 0 Å². The van der Waals surface area contributed by atoms with Gasteiger partial charge in [-0.25, -0.2) is 13.8 Å². The number of nitriles is 1. The van der Waals surface area contributed by atoms with E-state index in [1.54, 1.807) is 36.4 Å². The van der Waals surface area contributed by atoms with E-state index in [0.29, 0.717) is 28.8 Å². The molecule has 2 aromatic carbocycles. The van der Waals surface area contributed by atoms with Gasteiger partial charge in [0.15, 0.2) is 0 Å². The number of alkyl halides is 2. The van der Waals surface area contributed by atoms with Gasteiger partial charge in [-0.3, -0.25) is 14.3 Å². The fourth-order valence-electron chi connectivity index (χ4n) is 3.98. The number of halogens is 2. The van der Waals surface area contributed by atoms with Gasteiger partial charge in [-0.15, -0.1) is 0 Å². The molecule has 3 aromatic rings. The molecule has 0 N–H and O–H groups in total. The Morgan fingerprint density at radius 3 is 2.66 bits per heavy atom. The summed E-state index contributed by atoms with van der Waals surface area (Å²) in [4.78, 5) is 19.7. The van der Waals surface area contributed by atoms with Crippen LogP contribution >= 0.6 is 0 Å². The van der Waals surface area contributed by atoms with Crippen LogP contribution in [0.1, 0.15) is 35.8 Å². The highest BCUT2D eigenvalue weighted by Crippen LogP contribution is 2.32. The van der Waals surface area contributed by atoms with Gasteiger partial charge in [0.2, 0.25) is 0 Å². The van der Waals surface area contributed by atoms with Crippen LogP contribution < -0.4 is 5.56 Å². The molecule has 0 amide bonds. The normalized spacial score (nSPS) is 17.1. The number of benzene rings is 2. The van der Waals surface area contributed by atoms with E-state index in [0.717, 1.165) is 29.5 Å². The molecule has 7 heteroatoms. The summed E-state index contributed by atoms with van der Waals surface area (Å²) in [5, 5.41) is 9.31. The van der Waals surface area contributed by atoms with Crippen molar-refractivity contribution in [1.82, 2.24) is 14.5 Å². The molecule has 1 aromatic heterocycles. The maximum absolute atomic E-state index is 13.3. The molecule has 0 saturated carbocycles. The van der Waals surface area contributed by atoms with Crippen molar-refractivity contribution in [1.29, 1.82) is 5.26 Å². The van der Waals surface area contributed by atoms with Crippen LogP contribution in [0.25, 0.3) is 10.9 Å². The van der Waals surface area contributed by atoms with Crippen LogP contribution in [0.15, 0.2) is 53.3 Å². The van der Waals surface area contributed by atoms with E-state index in [1.165, 1.54) is 0 Å². The fourth-order valence-corrected chi connectivity index (χ4v) is 3.98. The molecule has 5 nitrogen and oxygen atoms in total. The number of hydrogen-bond acceptors (Lipinski definition) is 4. The summed E-state index contributed by atoms with van der Waals surface area (Å²) >= 11 is 0. The maximum Gasteiger partial charge on any atom is 0.261 e. The van der Waals surface area contributed by atoms with E-state index >= 15 is 0 Å². The van der Waals surface area contributed by atoms with Gasteiger partial charge in [-0.1, -0.05) is 24.3 Å². The highest BCUT2D eigenvalue weighted by Gasteiger charge is 2.31. The van der Waals surface area contributed by atoms with Gasteiger partial charge in [-0.2, -0.15) is 5.26 Å². The smallest absolute Gasteiger partial charge is 0.261 e. The second-order valence-corrected chi connectivity index (χ2v) is 7.23. The van der Waals surface area contributed by atoms with E-state index in [1.807, 2.05) is 12.1 Å². The van der Waals surface area contributed by atoms with Crippen molar-refractivity contribution >= 4 is 10.9 Å². The Morgan fingerprint density at radius 2 is 1.93 bits per heavy atom. The minimum Gasteiger partial charge on any atom is -0.289 e. The minimum absolute atomic E-state index is 0.207. The van der Waals surface area contributed by atoms with Crippen LogP contribution in [-0.2, 0) is 13.1 Å². The summed E-state index contributed by atoms with van der Waals surface area (Å²) in [7, 11) is 0. The zero-order chi connectivity index (χ0) is 20.4. The molecule has 1 fully saturated rings. The molecule has 1 aliphatic heterocycles. The predicted molar refractivity (Wildman–Crippen MR) is 106 cm³/mol. The number of likely N-dealkylation sites (tertiary alicyclic amines) is 1. The Hall–Kier alpha value is -3.11. The summed E-state index contributed by atoms with van der Waals surface area (Å²) in [6.45, 7) is 0.739. The molecule has 0 spiro atoms. The molecular formula is C22H20F2N4O. The van der Waals surface area contributed by atoms with Gasteiger partial charge in [0, 0.05) is 6.54 Å². The molecule has 0 aliphatic carbocycles. The van der Waals surface area contributed by atoms with E-state index in [4.69, 9.17) is 5.26 Å². The Labute approximate surface area is 166 Å². The second kappa shape index (κ2) is 8.10. The molecule has 148 valence electrons. The summed E-state index contributed by atoms with van der Waals surface area (Å²) in [6, 6.07) is 16.1. The molecule has 29 heavy (non-hydrogen) atoms. The van der Waals surface area contributed by atoms with Gasteiger partial charge < -0.3 is 0 Å². The molecule has 1 saturated heterocycles. The molecule has 4 rings (SSSR count). The van der Waals surface area contributed by atoms with Gasteiger partial charge >= 0.3 is 0 Å². The topological polar surface area (TPSA) is 61.9 Å². The quantitative estimate of drug-likeness (QED) is 0.659. The number of nitrogens with zero attached hydrogens (tertiary/aromatic N) is 4. The third-order valence-corrected chi connectivity index (χ3v) is 5.34. The Balaban J connectivity index is 1.73. The van der Waals surface area contributed by atoms with Gasteiger partial charge in [-0.05, 0) is 49.2 Å². The zero-order valence-corrected chi connectivity index (χ0v) is 15.8. The molecular weight excluding hydrogens is 374 g/mol. The lowest BCUT2D eigenvalue weighted by atomic mass is 10.1. The van der Waals surface area contributed by atoms with Crippen LogP contribution in [-0.4, -0.2) is 27.4 Å². The van der Waals surface area contributed by atoms with Crippen molar-refractivity contribution in [2.24, 2.45) is 0 Å². The third kappa shape index (κ3) is 3.89. The predicted octanol–water partition coefficient (Wildman–Crippen LogP) is 3.87. The number of hydrogen-bond donors (Lipinski definition) is 0. The molecule has 0 bridgehead atoms. The lowest BCUT2D eigenvalue weighted by molar-refractivity contribution is 0.120. The first kappa shape index (κ1) is 19.2. The summed E-state index contributed by atoms with van der Waals surface area (Å²) < 4.78 is 27.7. The lowest BCUT2D eigenvalue weighted by Gasteiger charge is -2.26. The van der Waals surface area contributed by atoms with E-state index in [-0.39, 0.29) is 6.04 Å². The maximum atomic E-state index is 13.3. The number of para-hydroxylation sites is 1. The molecule has 1 unspecified atom stereocenters. The van der Waals surface area contributed by atoms with E-state index in [2.05, 4.69) is 16.0 Å². The molecule has 2 heterocycles. The van der Waals surface area contributed by atoms with Crippen LogP contribution in [0.4, 0.5) is 8.78 Å². The highest BCUT2D eigenvalue weighted by atomic mass is 19.3. The summed E-state index contributed by atoms with van der Waals surface area (Å²) in [6.07, 6.45) is -0.981. The average Bonchev–Trinajstić information content (AvgIpc) is 3.18. The average molecular weight is 394 g/mol. The third-order valence-electron chi connectivity index (χ3n) is 5.34. The highest BCUT2D eigenvalue weighted by molar-refractivity contribution is 5.77. The van der Waals surface area contributed by atoms with Crippen molar-refractivity contribution < 1.29 is 8.78 Å². The van der Waals surface area contributed by atoms with Crippen molar-refractivity contribution in [3.8, 4) is 6.07 Å². The number of aromatic nitrogens is 2. The Bertz CT molecular complexity index is 1120. The first-order valence-corrected chi connectivity index (χ1v) is 9.57. The van der Waals surface area contributed by atoms with Crippen molar-refractivity contribution in [3.05, 3.63) is 75.8 Å². The van der Waals surface area contributed by atoms with E-state index < -0.39 is 18.5 Å². The monoisotopic (exact) mass is 394 g/mol. The zero-order valence-electron chi connectivity index (χ0n) is 15.8. The van der Waals surface area contributed by atoms with E-state index in [9.17, 15) is 13.6 Å². The SMILES string of the molecule is N#Cc1ccc(CN2CCCC2c2nc3ccccc3c(=O)n2CC(F)F)cc1. The van der Waals surface area contributed by atoms with Crippen LogP contribution in [0, 0.1) is 11.3 Å². The van der Waals surface area contributed by atoms with Crippen LogP contribution in [0.3, 0.4) is 0 Å². The standard InChI is InChI=1S/C22H20F2N4O/c23-20(24)14-28-21(26-18-5-2-1-4-17(18)22(28)29)19-6-3-11-27(19)13-16-9-7-15(12-25)8-10-16/h1-2,4-5,7-10,19-20H,3,6,11,13-14H2. The largest absolute Gasteiger partial charge is 0.289 e. The van der Waals surface area contributed by atoms with Gasteiger partial charge in [0.25, 0.3) is 12.0 Å².